The van der Waals surface area contributed by atoms with Crippen molar-refractivity contribution in [3.8, 4) is 23.4 Å². The van der Waals surface area contributed by atoms with Gasteiger partial charge in [0.2, 0.25) is 11.8 Å². The molecule has 0 fully saturated rings. The van der Waals surface area contributed by atoms with Gasteiger partial charge in [-0.2, -0.15) is 5.26 Å². The van der Waals surface area contributed by atoms with Crippen molar-refractivity contribution in [2.75, 3.05) is 21.3 Å². The summed E-state index contributed by atoms with van der Waals surface area (Å²) in [5.74, 6) is 0.0943. The molecule has 3 rings (SSSR count). The Morgan fingerprint density at radius 1 is 1.28 bits per heavy atom. The number of rotatable bonds is 5. The van der Waals surface area contributed by atoms with Gasteiger partial charge in [-0.1, -0.05) is 6.07 Å². The number of hydrogen-bond donors (Lipinski definition) is 2. The molecule has 2 unspecified atom stereocenters. The fraction of sp³-hybridized carbons (Fsp3) is 0.353. The molecule has 2 aromatic rings. The summed E-state index contributed by atoms with van der Waals surface area (Å²) < 4.78 is 21.3. The first kappa shape index (κ1) is 16.8. The van der Waals surface area contributed by atoms with E-state index in [1.165, 1.54) is 0 Å². The average Bonchev–Trinajstić information content (AvgIpc) is 3.02. The Morgan fingerprint density at radius 2 is 2.04 bits per heavy atom. The Labute approximate surface area is 144 Å². The van der Waals surface area contributed by atoms with Crippen LogP contribution in [0.1, 0.15) is 22.7 Å². The van der Waals surface area contributed by atoms with Crippen molar-refractivity contribution in [3.05, 3.63) is 35.0 Å². The van der Waals surface area contributed by atoms with Gasteiger partial charge >= 0.3 is 0 Å². The molecule has 8 nitrogen and oxygen atoms in total. The number of aromatic nitrogens is 2. The molecule has 0 aliphatic carbocycles. The smallest absolute Gasteiger partial charge is 0.243 e. The number of aromatic amines is 1. The molecule has 2 N–H and O–H groups in total. The number of ether oxygens (including phenoxy) is 4. The van der Waals surface area contributed by atoms with Gasteiger partial charge in [-0.25, -0.2) is 0 Å². The van der Waals surface area contributed by atoms with Gasteiger partial charge in [0.1, 0.15) is 5.92 Å². The summed E-state index contributed by atoms with van der Waals surface area (Å²) in [4.78, 5) is 0. The molecule has 0 amide bonds. The Morgan fingerprint density at radius 3 is 2.68 bits per heavy atom. The fourth-order valence-electron chi connectivity index (χ4n) is 3.04. The Balaban J connectivity index is 2.17. The molecule has 0 radical (unpaired) electrons. The zero-order valence-corrected chi connectivity index (χ0v) is 14.1. The number of nitrogens with zero attached hydrogens (tertiary/aromatic N) is 2. The van der Waals surface area contributed by atoms with Gasteiger partial charge in [-0.05, 0) is 17.7 Å². The number of nitrogens with one attached hydrogen (secondary N) is 2. The first-order chi connectivity index (χ1) is 12.1. The Bertz CT molecular complexity index is 840. The highest BCUT2D eigenvalue weighted by atomic mass is 16.5. The van der Waals surface area contributed by atoms with E-state index >= 15 is 0 Å². The van der Waals surface area contributed by atoms with Crippen LogP contribution in [-0.2, 0) is 11.3 Å². The van der Waals surface area contributed by atoms with Gasteiger partial charge in [0.15, 0.2) is 11.5 Å². The third-order valence-corrected chi connectivity index (χ3v) is 4.18. The van der Waals surface area contributed by atoms with Crippen LogP contribution in [0, 0.1) is 22.7 Å². The lowest BCUT2D eigenvalue weighted by Crippen LogP contribution is -2.31. The van der Waals surface area contributed by atoms with E-state index in [2.05, 4.69) is 16.3 Å². The van der Waals surface area contributed by atoms with Gasteiger partial charge in [0.25, 0.3) is 0 Å². The quantitative estimate of drug-likeness (QED) is 0.861. The lowest BCUT2D eigenvalue weighted by atomic mass is 9.79. The van der Waals surface area contributed by atoms with E-state index in [1.54, 1.807) is 33.5 Å². The normalized spacial score (nSPS) is 18.9. The summed E-state index contributed by atoms with van der Waals surface area (Å²) in [5.41, 5.74) is 2.24. The van der Waals surface area contributed by atoms with Crippen molar-refractivity contribution < 1.29 is 18.9 Å². The van der Waals surface area contributed by atoms with Crippen LogP contribution < -0.4 is 14.2 Å². The Hall–Kier alpha value is -3.05. The van der Waals surface area contributed by atoms with E-state index < -0.39 is 11.8 Å². The predicted molar refractivity (Wildman–Crippen MR) is 88.1 cm³/mol. The van der Waals surface area contributed by atoms with E-state index in [-0.39, 0.29) is 5.90 Å². The summed E-state index contributed by atoms with van der Waals surface area (Å²) in [6.07, 6.45) is 0. The number of hydrogen-bond acceptors (Lipinski definition) is 7. The molecule has 0 bridgehead atoms. The predicted octanol–water partition coefficient (Wildman–Crippen LogP) is 2.21. The van der Waals surface area contributed by atoms with Gasteiger partial charge in [-0.3, -0.25) is 10.5 Å². The highest BCUT2D eigenvalue weighted by Gasteiger charge is 2.40. The maximum Gasteiger partial charge on any atom is 0.243 e. The molecule has 8 heteroatoms. The second-order valence-corrected chi connectivity index (χ2v) is 5.52. The maximum atomic E-state index is 9.62. The molecule has 130 valence electrons. The second kappa shape index (κ2) is 6.83. The number of H-pyrrole nitrogens is 1. The summed E-state index contributed by atoms with van der Waals surface area (Å²) in [5, 5.41) is 24.7. The summed E-state index contributed by atoms with van der Waals surface area (Å²) in [6, 6.07) is 7.59. The summed E-state index contributed by atoms with van der Waals surface area (Å²) in [6.45, 7) is 0.293. The summed E-state index contributed by atoms with van der Waals surface area (Å²) >= 11 is 0. The lowest BCUT2D eigenvalue weighted by molar-refractivity contribution is 0.180. The number of benzene rings is 1. The van der Waals surface area contributed by atoms with E-state index in [0.717, 1.165) is 11.1 Å². The first-order valence-corrected chi connectivity index (χ1v) is 7.58. The molecule has 25 heavy (non-hydrogen) atoms. The fourth-order valence-corrected chi connectivity index (χ4v) is 3.04. The van der Waals surface area contributed by atoms with E-state index in [0.29, 0.717) is 29.7 Å². The third-order valence-electron chi connectivity index (χ3n) is 4.18. The number of nitriles is 1. The minimum absolute atomic E-state index is 0.134. The van der Waals surface area contributed by atoms with Crippen molar-refractivity contribution in [2.45, 2.75) is 12.5 Å². The van der Waals surface area contributed by atoms with Crippen LogP contribution in [0.2, 0.25) is 0 Å². The molecule has 1 aliphatic rings. The van der Waals surface area contributed by atoms with E-state index in [4.69, 9.17) is 24.4 Å². The number of fused-ring (bicyclic) bond motifs is 1. The molecule has 1 aromatic heterocycles. The van der Waals surface area contributed by atoms with Crippen LogP contribution >= 0.6 is 0 Å². The van der Waals surface area contributed by atoms with Crippen LogP contribution in [0.5, 0.6) is 17.4 Å². The molecule has 1 aromatic carbocycles. The topological polar surface area (TPSA) is 113 Å². The van der Waals surface area contributed by atoms with Crippen LogP contribution in [-0.4, -0.2) is 37.4 Å². The maximum absolute atomic E-state index is 9.62. The Kier molecular flexibility index (Phi) is 4.59. The lowest BCUT2D eigenvalue weighted by Gasteiger charge is -2.28. The van der Waals surface area contributed by atoms with Crippen LogP contribution in [0.4, 0.5) is 0 Å². The largest absolute Gasteiger partial charge is 0.493 e. The van der Waals surface area contributed by atoms with E-state index in [9.17, 15) is 5.26 Å². The van der Waals surface area contributed by atoms with Crippen LogP contribution in [0.25, 0.3) is 0 Å². The SMILES string of the molecule is COCc1[nH]nc2c1C(c1ccc(OC)c(OC)c1)C(C#N)C(=N)O2. The first-order valence-electron chi connectivity index (χ1n) is 7.58. The van der Waals surface area contributed by atoms with Crippen molar-refractivity contribution in [2.24, 2.45) is 5.92 Å². The van der Waals surface area contributed by atoms with Gasteiger partial charge in [-0.15, -0.1) is 5.10 Å². The zero-order chi connectivity index (χ0) is 18.0. The molecule has 0 saturated carbocycles. The minimum atomic E-state index is -0.779. The molecular formula is C17H18N4O4. The monoisotopic (exact) mass is 342 g/mol. The minimum Gasteiger partial charge on any atom is -0.493 e. The molecular weight excluding hydrogens is 324 g/mol. The second-order valence-electron chi connectivity index (χ2n) is 5.52. The van der Waals surface area contributed by atoms with Gasteiger partial charge in [0, 0.05) is 18.6 Å². The highest BCUT2D eigenvalue weighted by Crippen LogP contribution is 2.44. The van der Waals surface area contributed by atoms with Gasteiger partial charge in [0.05, 0.1) is 32.6 Å². The molecule has 2 atom stereocenters. The highest BCUT2D eigenvalue weighted by molar-refractivity contribution is 5.84. The van der Waals surface area contributed by atoms with Crippen molar-refractivity contribution in [3.63, 3.8) is 0 Å². The van der Waals surface area contributed by atoms with Crippen molar-refractivity contribution in [1.29, 1.82) is 10.7 Å². The van der Waals surface area contributed by atoms with E-state index in [1.807, 2.05) is 6.07 Å². The standard InChI is InChI=1S/C17H18N4O4/c1-22-8-11-15-14(9-4-5-12(23-2)13(6-9)24-3)10(7-18)16(19)25-17(15)21-20-11/h4-6,10,14,19H,8H2,1-3H3,(H,20,21). The zero-order valence-electron chi connectivity index (χ0n) is 14.1. The van der Waals surface area contributed by atoms with Gasteiger partial charge < -0.3 is 18.9 Å². The van der Waals surface area contributed by atoms with Crippen LogP contribution in [0.3, 0.4) is 0 Å². The molecule has 0 saturated heterocycles. The van der Waals surface area contributed by atoms with Crippen molar-refractivity contribution >= 4 is 5.90 Å². The molecule has 1 aliphatic heterocycles. The van der Waals surface area contributed by atoms with Crippen molar-refractivity contribution in [1.82, 2.24) is 10.2 Å². The van der Waals surface area contributed by atoms with Crippen LogP contribution in [0.15, 0.2) is 18.2 Å². The number of methoxy groups -OCH3 is 3. The average molecular weight is 342 g/mol. The molecule has 2 heterocycles. The third kappa shape index (κ3) is 2.79. The summed E-state index contributed by atoms with van der Waals surface area (Å²) in [7, 11) is 4.69. The molecule has 0 spiro atoms.